The van der Waals surface area contributed by atoms with E-state index in [1.54, 1.807) is 6.20 Å². The molecule has 0 aliphatic rings. The van der Waals surface area contributed by atoms with Gasteiger partial charge in [-0.25, -0.2) is 0 Å². The Morgan fingerprint density at radius 2 is 2.29 bits per heavy atom. The van der Waals surface area contributed by atoms with Crippen molar-refractivity contribution < 1.29 is 9.53 Å². The van der Waals surface area contributed by atoms with Crippen molar-refractivity contribution in [1.29, 1.82) is 0 Å². The number of unbranched alkanes of at least 4 members (excludes halogenated alkanes) is 1. The smallest absolute Gasteiger partial charge is 0.308 e. The van der Waals surface area contributed by atoms with E-state index in [4.69, 9.17) is 4.74 Å². The van der Waals surface area contributed by atoms with E-state index in [0.717, 1.165) is 25.0 Å². The zero-order valence-corrected chi connectivity index (χ0v) is 10.7. The molecule has 1 rings (SSSR count). The maximum atomic E-state index is 11.6. The molecule has 3 nitrogen and oxygen atoms in total. The quantitative estimate of drug-likeness (QED) is 0.682. The predicted octanol–water partition coefficient (Wildman–Crippen LogP) is 2.99. The molecule has 0 bridgehead atoms. The monoisotopic (exact) mass is 235 g/mol. The largest absolute Gasteiger partial charge is 0.465 e. The van der Waals surface area contributed by atoms with E-state index in [0.29, 0.717) is 13.0 Å². The average Bonchev–Trinajstić information content (AvgIpc) is 2.37. The number of carbonyl (C=O) groups is 1. The molecule has 0 fully saturated rings. The fourth-order valence-electron chi connectivity index (χ4n) is 1.57. The minimum Gasteiger partial charge on any atom is -0.465 e. The average molecular weight is 235 g/mol. The molecule has 0 N–H and O–H groups in total. The number of rotatable bonds is 7. The van der Waals surface area contributed by atoms with E-state index in [-0.39, 0.29) is 11.9 Å². The van der Waals surface area contributed by atoms with Crippen LogP contribution in [0.5, 0.6) is 0 Å². The molecule has 1 unspecified atom stereocenters. The van der Waals surface area contributed by atoms with Crippen LogP contribution in [0.1, 0.15) is 38.8 Å². The summed E-state index contributed by atoms with van der Waals surface area (Å²) in [5.74, 6) is -0.0759. The number of ether oxygens (including phenoxy) is 1. The van der Waals surface area contributed by atoms with Gasteiger partial charge < -0.3 is 4.74 Å². The van der Waals surface area contributed by atoms with Crippen LogP contribution in [0.3, 0.4) is 0 Å². The fraction of sp³-hybridized carbons (Fsp3) is 0.571. The standard InChI is InChI=1S/C14H21NO2/c1-3-4-7-12(2)14(16)17-11-9-13-8-5-6-10-15-13/h5-6,8,10,12H,3-4,7,9,11H2,1-2H3. The second-order valence-electron chi connectivity index (χ2n) is 4.28. The topological polar surface area (TPSA) is 39.2 Å². The minimum atomic E-state index is -0.0885. The van der Waals surface area contributed by atoms with Gasteiger partial charge in [0.15, 0.2) is 0 Å². The molecule has 1 aromatic rings. The Balaban J connectivity index is 2.20. The van der Waals surface area contributed by atoms with E-state index >= 15 is 0 Å². The highest BCUT2D eigenvalue weighted by atomic mass is 16.5. The fourth-order valence-corrected chi connectivity index (χ4v) is 1.57. The van der Waals surface area contributed by atoms with Gasteiger partial charge in [0, 0.05) is 18.3 Å². The molecule has 0 spiro atoms. The van der Waals surface area contributed by atoms with Gasteiger partial charge in [-0.05, 0) is 18.6 Å². The van der Waals surface area contributed by atoms with Gasteiger partial charge in [0.05, 0.1) is 12.5 Å². The van der Waals surface area contributed by atoms with Gasteiger partial charge in [-0.15, -0.1) is 0 Å². The second-order valence-corrected chi connectivity index (χ2v) is 4.28. The summed E-state index contributed by atoms with van der Waals surface area (Å²) in [4.78, 5) is 15.8. The van der Waals surface area contributed by atoms with Gasteiger partial charge in [-0.1, -0.05) is 32.8 Å². The predicted molar refractivity (Wildman–Crippen MR) is 67.6 cm³/mol. The molecule has 3 heteroatoms. The van der Waals surface area contributed by atoms with Crippen molar-refractivity contribution in [3.05, 3.63) is 30.1 Å². The Morgan fingerprint density at radius 1 is 1.47 bits per heavy atom. The summed E-state index contributed by atoms with van der Waals surface area (Å²) in [7, 11) is 0. The highest BCUT2D eigenvalue weighted by Crippen LogP contribution is 2.09. The van der Waals surface area contributed by atoms with Gasteiger partial charge in [-0.2, -0.15) is 0 Å². The van der Waals surface area contributed by atoms with E-state index in [1.165, 1.54) is 0 Å². The first-order valence-corrected chi connectivity index (χ1v) is 6.30. The summed E-state index contributed by atoms with van der Waals surface area (Å²) in [6.07, 6.45) is 5.55. The molecule has 0 aliphatic heterocycles. The van der Waals surface area contributed by atoms with Crippen molar-refractivity contribution in [3.63, 3.8) is 0 Å². The molecule has 17 heavy (non-hydrogen) atoms. The molecular formula is C14H21NO2. The zero-order chi connectivity index (χ0) is 12.5. The number of esters is 1. The highest BCUT2D eigenvalue weighted by Gasteiger charge is 2.13. The summed E-state index contributed by atoms with van der Waals surface area (Å²) >= 11 is 0. The molecule has 1 heterocycles. The molecule has 0 saturated heterocycles. The van der Waals surface area contributed by atoms with Crippen LogP contribution >= 0.6 is 0 Å². The Bertz CT molecular complexity index is 324. The van der Waals surface area contributed by atoms with E-state index in [1.807, 2.05) is 25.1 Å². The molecular weight excluding hydrogens is 214 g/mol. The first kappa shape index (κ1) is 13.7. The van der Waals surface area contributed by atoms with Gasteiger partial charge in [0.1, 0.15) is 0 Å². The van der Waals surface area contributed by atoms with Crippen molar-refractivity contribution in [1.82, 2.24) is 4.98 Å². The SMILES string of the molecule is CCCCC(C)C(=O)OCCc1ccccn1. The Hall–Kier alpha value is -1.38. The summed E-state index contributed by atoms with van der Waals surface area (Å²) in [5.41, 5.74) is 0.960. The summed E-state index contributed by atoms with van der Waals surface area (Å²) in [6.45, 7) is 4.48. The molecule has 94 valence electrons. The number of nitrogens with zero attached hydrogens (tertiary/aromatic N) is 1. The number of pyridine rings is 1. The highest BCUT2D eigenvalue weighted by molar-refractivity contribution is 5.71. The Morgan fingerprint density at radius 3 is 2.94 bits per heavy atom. The van der Waals surface area contributed by atoms with Crippen molar-refractivity contribution in [2.24, 2.45) is 5.92 Å². The van der Waals surface area contributed by atoms with Gasteiger partial charge >= 0.3 is 5.97 Å². The summed E-state index contributed by atoms with van der Waals surface area (Å²) < 4.78 is 5.23. The molecule has 1 aromatic heterocycles. The van der Waals surface area contributed by atoms with Gasteiger partial charge in [0.2, 0.25) is 0 Å². The van der Waals surface area contributed by atoms with Crippen molar-refractivity contribution in [2.45, 2.75) is 39.5 Å². The maximum Gasteiger partial charge on any atom is 0.308 e. The lowest BCUT2D eigenvalue weighted by molar-refractivity contribution is -0.148. The van der Waals surface area contributed by atoms with Crippen LogP contribution in [0.25, 0.3) is 0 Å². The van der Waals surface area contributed by atoms with Crippen molar-refractivity contribution >= 4 is 5.97 Å². The lowest BCUT2D eigenvalue weighted by atomic mass is 10.1. The van der Waals surface area contributed by atoms with E-state index < -0.39 is 0 Å². The van der Waals surface area contributed by atoms with E-state index in [2.05, 4.69) is 11.9 Å². The van der Waals surface area contributed by atoms with Crippen LogP contribution in [0, 0.1) is 5.92 Å². The summed E-state index contributed by atoms with van der Waals surface area (Å²) in [5, 5.41) is 0. The third-order valence-electron chi connectivity index (χ3n) is 2.72. The maximum absolute atomic E-state index is 11.6. The third kappa shape index (κ3) is 5.48. The molecule has 0 saturated carbocycles. The van der Waals surface area contributed by atoms with Gasteiger partial charge in [-0.3, -0.25) is 9.78 Å². The number of hydrogen-bond acceptors (Lipinski definition) is 3. The molecule has 0 aromatic carbocycles. The first-order valence-electron chi connectivity index (χ1n) is 6.30. The lowest BCUT2D eigenvalue weighted by Gasteiger charge is -2.10. The Labute approximate surface area is 103 Å². The molecule has 1 atom stereocenters. The van der Waals surface area contributed by atoms with Crippen LogP contribution in [0.2, 0.25) is 0 Å². The van der Waals surface area contributed by atoms with Crippen LogP contribution in [0.15, 0.2) is 24.4 Å². The Kier molecular flexibility index (Phi) is 6.30. The van der Waals surface area contributed by atoms with Crippen molar-refractivity contribution in [3.8, 4) is 0 Å². The molecule has 0 radical (unpaired) electrons. The lowest BCUT2D eigenvalue weighted by Crippen LogP contribution is -2.16. The second kappa shape index (κ2) is 7.82. The number of carbonyl (C=O) groups excluding carboxylic acids is 1. The normalized spacial score (nSPS) is 12.1. The van der Waals surface area contributed by atoms with Crippen LogP contribution in [-0.4, -0.2) is 17.6 Å². The third-order valence-corrected chi connectivity index (χ3v) is 2.72. The van der Waals surface area contributed by atoms with Crippen LogP contribution in [0.4, 0.5) is 0 Å². The van der Waals surface area contributed by atoms with Gasteiger partial charge in [0.25, 0.3) is 0 Å². The van der Waals surface area contributed by atoms with Crippen LogP contribution < -0.4 is 0 Å². The zero-order valence-electron chi connectivity index (χ0n) is 10.7. The van der Waals surface area contributed by atoms with Crippen molar-refractivity contribution in [2.75, 3.05) is 6.61 Å². The number of hydrogen-bond donors (Lipinski definition) is 0. The van der Waals surface area contributed by atoms with E-state index in [9.17, 15) is 4.79 Å². The minimum absolute atomic E-state index is 0.0127. The number of aromatic nitrogens is 1. The molecule has 0 aliphatic carbocycles. The summed E-state index contributed by atoms with van der Waals surface area (Å²) in [6, 6.07) is 5.75. The first-order chi connectivity index (χ1) is 8.24. The van der Waals surface area contributed by atoms with Crippen LogP contribution in [-0.2, 0) is 16.0 Å². The molecule has 0 amide bonds.